The first kappa shape index (κ1) is 14.2. The van der Waals surface area contributed by atoms with Gasteiger partial charge in [-0.1, -0.05) is 12.1 Å². The van der Waals surface area contributed by atoms with Gasteiger partial charge >= 0.3 is 5.97 Å². The molecule has 0 radical (unpaired) electrons. The number of carbonyl (C=O) groups excluding carboxylic acids is 2. The third kappa shape index (κ3) is 3.84. The maximum absolute atomic E-state index is 13.7. The smallest absolute Gasteiger partial charge is 0.328 e. The quantitative estimate of drug-likeness (QED) is 0.824. The summed E-state index contributed by atoms with van der Waals surface area (Å²) in [5, 5.41) is 2.44. The second-order valence-electron chi connectivity index (χ2n) is 4.08. The standard InChI is InChI=1S/C13H16FNO3/c1-8-4-5-10(11(14)6-8)7-12(13(17)18-3)15-9(2)16/h4-6,12H,7H2,1-3H3,(H,15,16). The van der Waals surface area contributed by atoms with Crippen molar-refractivity contribution >= 4 is 11.9 Å². The molecule has 5 heteroatoms. The molecule has 1 aromatic carbocycles. The Morgan fingerprint density at radius 3 is 2.61 bits per heavy atom. The second kappa shape index (κ2) is 6.14. The first-order chi connectivity index (χ1) is 8.43. The van der Waals surface area contributed by atoms with Crippen molar-refractivity contribution in [2.75, 3.05) is 7.11 Å². The fourth-order valence-electron chi connectivity index (χ4n) is 1.62. The molecule has 1 unspecified atom stereocenters. The molecule has 0 aromatic heterocycles. The monoisotopic (exact) mass is 253 g/mol. The molecule has 0 heterocycles. The highest BCUT2D eigenvalue weighted by atomic mass is 19.1. The molecule has 18 heavy (non-hydrogen) atoms. The van der Waals surface area contributed by atoms with Crippen LogP contribution < -0.4 is 5.32 Å². The van der Waals surface area contributed by atoms with Gasteiger partial charge in [0.05, 0.1) is 7.11 Å². The third-order valence-electron chi connectivity index (χ3n) is 2.50. The van der Waals surface area contributed by atoms with Gasteiger partial charge in [0.2, 0.25) is 5.91 Å². The normalized spacial score (nSPS) is 11.8. The molecule has 0 fully saturated rings. The number of nitrogens with one attached hydrogen (secondary N) is 1. The molecule has 0 bridgehead atoms. The average molecular weight is 253 g/mol. The second-order valence-corrected chi connectivity index (χ2v) is 4.08. The van der Waals surface area contributed by atoms with Gasteiger partial charge < -0.3 is 10.1 Å². The lowest BCUT2D eigenvalue weighted by Crippen LogP contribution is -2.42. The molecule has 0 aliphatic carbocycles. The third-order valence-corrected chi connectivity index (χ3v) is 2.50. The number of benzene rings is 1. The van der Waals surface area contributed by atoms with Crippen molar-refractivity contribution in [1.29, 1.82) is 0 Å². The van der Waals surface area contributed by atoms with Gasteiger partial charge in [0, 0.05) is 13.3 Å². The number of hydrogen-bond acceptors (Lipinski definition) is 3. The summed E-state index contributed by atoms with van der Waals surface area (Å²) < 4.78 is 18.2. The van der Waals surface area contributed by atoms with Crippen molar-refractivity contribution in [3.05, 3.63) is 35.1 Å². The number of amides is 1. The SMILES string of the molecule is COC(=O)C(Cc1ccc(C)cc1F)NC(C)=O. The molecule has 1 atom stereocenters. The highest BCUT2D eigenvalue weighted by Crippen LogP contribution is 2.12. The summed E-state index contributed by atoms with van der Waals surface area (Å²) >= 11 is 0. The minimum absolute atomic E-state index is 0.0678. The van der Waals surface area contributed by atoms with E-state index in [2.05, 4.69) is 10.1 Å². The molecule has 1 N–H and O–H groups in total. The minimum atomic E-state index is -0.871. The van der Waals surface area contributed by atoms with E-state index in [1.807, 2.05) is 0 Å². The Morgan fingerprint density at radius 1 is 1.44 bits per heavy atom. The highest BCUT2D eigenvalue weighted by Gasteiger charge is 2.21. The van der Waals surface area contributed by atoms with Crippen molar-refractivity contribution in [2.45, 2.75) is 26.3 Å². The molecule has 0 saturated heterocycles. The highest BCUT2D eigenvalue weighted by molar-refractivity contribution is 5.83. The van der Waals surface area contributed by atoms with Gasteiger partial charge in [-0.2, -0.15) is 0 Å². The average Bonchev–Trinajstić information content (AvgIpc) is 2.30. The predicted molar refractivity (Wildman–Crippen MR) is 64.5 cm³/mol. The lowest BCUT2D eigenvalue weighted by molar-refractivity contribution is -0.144. The van der Waals surface area contributed by atoms with E-state index in [-0.39, 0.29) is 12.3 Å². The zero-order valence-corrected chi connectivity index (χ0v) is 10.6. The van der Waals surface area contributed by atoms with E-state index in [4.69, 9.17) is 0 Å². The number of esters is 1. The molecular formula is C13H16FNO3. The fraction of sp³-hybridized carbons (Fsp3) is 0.385. The van der Waals surface area contributed by atoms with Crippen LogP contribution in [0, 0.1) is 12.7 Å². The van der Waals surface area contributed by atoms with Crippen molar-refractivity contribution in [3.63, 3.8) is 0 Å². The van der Waals surface area contributed by atoms with E-state index in [0.717, 1.165) is 5.56 Å². The molecule has 1 amide bonds. The van der Waals surface area contributed by atoms with E-state index < -0.39 is 17.8 Å². The van der Waals surface area contributed by atoms with E-state index in [1.54, 1.807) is 19.1 Å². The van der Waals surface area contributed by atoms with Crippen LogP contribution in [0.4, 0.5) is 4.39 Å². The van der Waals surface area contributed by atoms with Gasteiger partial charge in [-0.15, -0.1) is 0 Å². The van der Waals surface area contributed by atoms with Gasteiger partial charge in [0.1, 0.15) is 11.9 Å². The maximum Gasteiger partial charge on any atom is 0.328 e. The van der Waals surface area contributed by atoms with E-state index in [0.29, 0.717) is 5.56 Å². The summed E-state index contributed by atoms with van der Waals surface area (Å²) in [6.45, 7) is 3.07. The molecule has 0 saturated carbocycles. The molecular weight excluding hydrogens is 237 g/mol. The van der Waals surface area contributed by atoms with Gasteiger partial charge in [0.25, 0.3) is 0 Å². The molecule has 1 rings (SSSR count). The lowest BCUT2D eigenvalue weighted by atomic mass is 10.0. The predicted octanol–water partition coefficient (Wildman–Crippen LogP) is 1.35. The molecule has 0 aliphatic rings. The summed E-state index contributed by atoms with van der Waals surface area (Å²) in [5.74, 6) is -1.35. The summed E-state index contributed by atoms with van der Waals surface area (Å²) in [5.41, 5.74) is 1.16. The molecule has 0 aliphatic heterocycles. The summed E-state index contributed by atoms with van der Waals surface area (Å²) in [4.78, 5) is 22.5. The van der Waals surface area contributed by atoms with Crippen LogP contribution >= 0.6 is 0 Å². The van der Waals surface area contributed by atoms with Gasteiger partial charge in [-0.25, -0.2) is 9.18 Å². The van der Waals surface area contributed by atoms with Crippen molar-refractivity contribution in [2.24, 2.45) is 0 Å². The van der Waals surface area contributed by atoms with Gasteiger partial charge in [-0.3, -0.25) is 4.79 Å². The Labute approximate surface area is 105 Å². The molecule has 98 valence electrons. The van der Waals surface area contributed by atoms with Gasteiger partial charge in [0.15, 0.2) is 0 Å². The van der Waals surface area contributed by atoms with Crippen molar-refractivity contribution < 1.29 is 18.7 Å². The van der Waals surface area contributed by atoms with E-state index >= 15 is 0 Å². The lowest BCUT2D eigenvalue weighted by Gasteiger charge is -2.16. The topological polar surface area (TPSA) is 55.4 Å². The van der Waals surface area contributed by atoms with Crippen LogP contribution in [0.15, 0.2) is 18.2 Å². The van der Waals surface area contributed by atoms with Crippen LogP contribution in [0.1, 0.15) is 18.1 Å². The van der Waals surface area contributed by atoms with Crippen LogP contribution in [0.25, 0.3) is 0 Å². The number of aryl methyl sites for hydroxylation is 1. The minimum Gasteiger partial charge on any atom is -0.467 e. The number of ether oxygens (including phenoxy) is 1. The van der Waals surface area contributed by atoms with Crippen molar-refractivity contribution in [1.82, 2.24) is 5.32 Å². The summed E-state index contributed by atoms with van der Waals surface area (Å²) in [6.07, 6.45) is 0.0678. The Kier molecular flexibility index (Phi) is 4.83. The van der Waals surface area contributed by atoms with Crippen LogP contribution in [0.2, 0.25) is 0 Å². The number of rotatable bonds is 4. The zero-order chi connectivity index (χ0) is 13.7. The Bertz CT molecular complexity index is 460. The number of hydrogen-bond donors (Lipinski definition) is 1. The molecule has 0 spiro atoms. The van der Waals surface area contributed by atoms with Crippen LogP contribution in [-0.4, -0.2) is 25.0 Å². The number of methoxy groups -OCH3 is 1. The largest absolute Gasteiger partial charge is 0.467 e. The number of halogens is 1. The summed E-state index contributed by atoms with van der Waals surface area (Å²) in [6, 6.07) is 3.87. The zero-order valence-electron chi connectivity index (χ0n) is 10.6. The van der Waals surface area contributed by atoms with Gasteiger partial charge in [-0.05, 0) is 24.1 Å². The Balaban J connectivity index is 2.88. The fourth-order valence-corrected chi connectivity index (χ4v) is 1.62. The van der Waals surface area contributed by atoms with Crippen LogP contribution in [-0.2, 0) is 20.7 Å². The number of carbonyl (C=O) groups is 2. The Morgan fingerprint density at radius 2 is 2.11 bits per heavy atom. The first-order valence-electron chi connectivity index (χ1n) is 5.54. The Hall–Kier alpha value is -1.91. The maximum atomic E-state index is 13.7. The van der Waals surface area contributed by atoms with E-state index in [1.165, 1.54) is 20.1 Å². The van der Waals surface area contributed by atoms with E-state index in [9.17, 15) is 14.0 Å². The first-order valence-corrected chi connectivity index (χ1v) is 5.54. The van der Waals surface area contributed by atoms with Crippen LogP contribution in [0.3, 0.4) is 0 Å². The van der Waals surface area contributed by atoms with Crippen LogP contribution in [0.5, 0.6) is 0 Å². The van der Waals surface area contributed by atoms with Crippen molar-refractivity contribution in [3.8, 4) is 0 Å². The molecule has 4 nitrogen and oxygen atoms in total. The molecule has 1 aromatic rings. The summed E-state index contributed by atoms with van der Waals surface area (Å²) in [7, 11) is 1.22.